The van der Waals surface area contributed by atoms with Crippen molar-refractivity contribution in [1.29, 1.82) is 0 Å². The third-order valence-electron chi connectivity index (χ3n) is 8.24. The summed E-state index contributed by atoms with van der Waals surface area (Å²) in [6.07, 6.45) is 9.61. The third-order valence-corrected chi connectivity index (χ3v) is 8.24. The molecule has 5 aliphatic rings. The fraction of sp³-hybridized carbons (Fsp3) is 0.913. The van der Waals surface area contributed by atoms with Gasteiger partial charge in [0.1, 0.15) is 12.2 Å². The second-order valence-corrected chi connectivity index (χ2v) is 10.0. The summed E-state index contributed by atoms with van der Waals surface area (Å²) >= 11 is 0. The van der Waals surface area contributed by atoms with E-state index >= 15 is 0 Å². The number of carbonyl (C=O) groups excluding carboxylic acids is 2. The SMILES string of the molecule is CCC1CC(CC)C(C(=O)OC23CC4CC(CC(C4)C2)C3)C1C(=O)OCCO. The van der Waals surface area contributed by atoms with E-state index in [1.165, 1.54) is 19.3 Å². The Morgan fingerprint density at radius 2 is 1.36 bits per heavy atom. The minimum atomic E-state index is -0.428. The highest BCUT2D eigenvalue weighted by Gasteiger charge is 2.56. The van der Waals surface area contributed by atoms with Crippen LogP contribution in [0.4, 0.5) is 0 Å². The Morgan fingerprint density at radius 1 is 0.857 bits per heavy atom. The Kier molecular flexibility index (Phi) is 5.74. The second kappa shape index (κ2) is 7.97. The van der Waals surface area contributed by atoms with Gasteiger partial charge in [-0.25, -0.2) is 0 Å². The van der Waals surface area contributed by atoms with E-state index in [0.717, 1.165) is 56.3 Å². The van der Waals surface area contributed by atoms with Crippen LogP contribution in [0.25, 0.3) is 0 Å². The van der Waals surface area contributed by atoms with E-state index in [0.29, 0.717) is 0 Å². The molecule has 0 aliphatic heterocycles. The van der Waals surface area contributed by atoms with Gasteiger partial charge in [0, 0.05) is 0 Å². The largest absolute Gasteiger partial charge is 0.463 e. The van der Waals surface area contributed by atoms with Crippen molar-refractivity contribution in [1.82, 2.24) is 0 Å². The van der Waals surface area contributed by atoms with Crippen molar-refractivity contribution in [3.8, 4) is 0 Å². The van der Waals surface area contributed by atoms with E-state index in [-0.39, 0.29) is 42.6 Å². The molecule has 1 N–H and O–H groups in total. The lowest BCUT2D eigenvalue weighted by Gasteiger charge is -2.56. The molecule has 5 rings (SSSR count). The highest BCUT2D eigenvalue weighted by atomic mass is 16.6. The molecule has 158 valence electrons. The fourth-order valence-corrected chi connectivity index (χ4v) is 7.47. The number of hydrogen-bond acceptors (Lipinski definition) is 5. The van der Waals surface area contributed by atoms with Crippen molar-refractivity contribution >= 4 is 11.9 Å². The quantitative estimate of drug-likeness (QED) is 0.669. The van der Waals surface area contributed by atoms with Gasteiger partial charge in [-0.2, -0.15) is 0 Å². The zero-order chi connectivity index (χ0) is 19.9. The molecular formula is C23H36O5. The molecule has 0 aromatic heterocycles. The van der Waals surface area contributed by atoms with Crippen molar-refractivity contribution in [2.24, 2.45) is 41.4 Å². The predicted octanol–water partition coefficient (Wildman–Crippen LogP) is 3.72. The maximum absolute atomic E-state index is 13.5. The molecule has 0 amide bonds. The van der Waals surface area contributed by atoms with Crippen molar-refractivity contribution in [3.63, 3.8) is 0 Å². The van der Waals surface area contributed by atoms with Crippen LogP contribution >= 0.6 is 0 Å². The molecule has 4 bridgehead atoms. The summed E-state index contributed by atoms with van der Waals surface area (Å²) in [5.41, 5.74) is -0.270. The molecule has 5 saturated carbocycles. The summed E-state index contributed by atoms with van der Waals surface area (Å²) in [5.74, 6) is 1.19. The highest BCUT2D eigenvalue weighted by molar-refractivity contribution is 5.83. The molecule has 0 aromatic rings. The third kappa shape index (κ3) is 3.59. The van der Waals surface area contributed by atoms with E-state index in [1.807, 2.05) is 0 Å². The van der Waals surface area contributed by atoms with Crippen LogP contribution in [0.5, 0.6) is 0 Å². The van der Waals surface area contributed by atoms with Crippen LogP contribution in [0.15, 0.2) is 0 Å². The van der Waals surface area contributed by atoms with Gasteiger partial charge < -0.3 is 14.6 Å². The van der Waals surface area contributed by atoms with Gasteiger partial charge in [0.2, 0.25) is 0 Å². The monoisotopic (exact) mass is 392 g/mol. The molecule has 0 spiro atoms. The van der Waals surface area contributed by atoms with Gasteiger partial charge >= 0.3 is 11.9 Å². The summed E-state index contributed by atoms with van der Waals surface area (Å²) < 4.78 is 11.6. The Morgan fingerprint density at radius 3 is 1.82 bits per heavy atom. The lowest BCUT2D eigenvalue weighted by atomic mass is 9.54. The molecule has 5 nitrogen and oxygen atoms in total. The maximum atomic E-state index is 13.5. The highest BCUT2D eigenvalue weighted by Crippen LogP contribution is 2.58. The Bertz CT molecular complexity index is 565. The number of ether oxygens (including phenoxy) is 2. The van der Waals surface area contributed by atoms with Crippen LogP contribution in [0.2, 0.25) is 0 Å². The van der Waals surface area contributed by atoms with E-state index in [4.69, 9.17) is 14.6 Å². The Hall–Kier alpha value is -1.10. The zero-order valence-corrected chi connectivity index (χ0v) is 17.4. The Labute approximate surface area is 168 Å². The minimum absolute atomic E-state index is 0.000690. The van der Waals surface area contributed by atoms with Crippen LogP contribution in [0.3, 0.4) is 0 Å². The summed E-state index contributed by atoms with van der Waals surface area (Å²) in [7, 11) is 0. The molecule has 5 heteroatoms. The molecule has 0 radical (unpaired) electrons. The molecule has 28 heavy (non-hydrogen) atoms. The van der Waals surface area contributed by atoms with Gasteiger partial charge in [0.25, 0.3) is 0 Å². The van der Waals surface area contributed by atoms with Crippen LogP contribution < -0.4 is 0 Å². The first kappa shape index (κ1) is 20.2. The normalized spacial score (nSPS) is 43.9. The van der Waals surface area contributed by atoms with Gasteiger partial charge in [-0.1, -0.05) is 26.7 Å². The number of aliphatic hydroxyl groups excluding tert-OH is 1. The minimum Gasteiger partial charge on any atom is -0.463 e. The first-order valence-corrected chi connectivity index (χ1v) is 11.5. The summed E-state index contributed by atoms with van der Waals surface area (Å²) in [5, 5.41) is 9.03. The number of hydrogen-bond donors (Lipinski definition) is 1. The molecule has 4 unspecified atom stereocenters. The van der Waals surface area contributed by atoms with E-state index in [1.54, 1.807) is 0 Å². The average molecular weight is 393 g/mol. The van der Waals surface area contributed by atoms with Gasteiger partial charge in [-0.3, -0.25) is 9.59 Å². The number of rotatable bonds is 7. The second-order valence-electron chi connectivity index (χ2n) is 10.0. The van der Waals surface area contributed by atoms with Crippen molar-refractivity contribution in [2.75, 3.05) is 13.2 Å². The number of esters is 2. The van der Waals surface area contributed by atoms with Gasteiger partial charge in [0.15, 0.2) is 0 Å². The summed E-state index contributed by atoms with van der Waals surface area (Å²) in [6, 6.07) is 0. The van der Waals surface area contributed by atoms with Crippen LogP contribution in [-0.2, 0) is 19.1 Å². The van der Waals surface area contributed by atoms with Gasteiger partial charge in [-0.05, 0) is 74.5 Å². The van der Waals surface area contributed by atoms with Crippen LogP contribution in [0, 0.1) is 41.4 Å². The molecule has 0 aromatic carbocycles. The summed E-state index contributed by atoms with van der Waals surface area (Å²) in [6.45, 7) is 3.99. The molecule has 4 atom stereocenters. The number of carbonyl (C=O) groups is 2. The maximum Gasteiger partial charge on any atom is 0.310 e. The molecular weight excluding hydrogens is 356 g/mol. The Balaban J connectivity index is 1.52. The first-order valence-electron chi connectivity index (χ1n) is 11.5. The predicted molar refractivity (Wildman–Crippen MR) is 104 cm³/mol. The molecule has 5 aliphatic carbocycles. The zero-order valence-electron chi connectivity index (χ0n) is 17.4. The smallest absolute Gasteiger partial charge is 0.310 e. The molecule has 5 fully saturated rings. The fourth-order valence-electron chi connectivity index (χ4n) is 7.47. The van der Waals surface area contributed by atoms with Crippen molar-refractivity contribution in [2.45, 2.75) is 77.2 Å². The average Bonchev–Trinajstić information content (AvgIpc) is 3.03. The standard InChI is InChI=1S/C23H36O5/c1-3-17-10-18(4-2)20(19(17)21(25)27-6-5-24)22(26)28-23-11-14-7-15(12-23)9-16(8-14)13-23/h14-20,24H,3-13H2,1-2H3. The van der Waals surface area contributed by atoms with Gasteiger partial charge in [0.05, 0.1) is 18.4 Å². The summed E-state index contributed by atoms with van der Waals surface area (Å²) in [4.78, 5) is 26.2. The first-order chi connectivity index (χ1) is 13.5. The molecule has 0 heterocycles. The van der Waals surface area contributed by atoms with Crippen LogP contribution in [-0.4, -0.2) is 35.9 Å². The lowest BCUT2D eigenvalue weighted by Crippen LogP contribution is -2.53. The van der Waals surface area contributed by atoms with E-state index in [2.05, 4.69) is 13.8 Å². The molecule has 0 saturated heterocycles. The van der Waals surface area contributed by atoms with Crippen molar-refractivity contribution in [3.05, 3.63) is 0 Å². The van der Waals surface area contributed by atoms with Crippen LogP contribution in [0.1, 0.15) is 71.6 Å². The van der Waals surface area contributed by atoms with Gasteiger partial charge in [-0.15, -0.1) is 0 Å². The van der Waals surface area contributed by atoms with E-state index in [9.17, 15) is 9.59 Å². The number of aliphatic hydroxyl groups is 1. The lowest BCUT2D eigenvalue weighted by molar-refractivity contribution is -0.195. The van der Waals surface area contributed by atoms with Crippen molar-refractivity contribution < 1.29 is 24.2 Å². The topological polar surface area (TPSA) is 72.8 Å². The van der Waals surface area contributed by atoms with E-state index < -0.39 is 11.8 Å².